The summed E-state index contributed by atoms with van der Waals surface area (Å²) in [4.78, 5) is 13.5. The molecule has 0 bridgehead atoms. The van der Waals surface area contributed by atoms with Gasteiger partial charge in [-0.05, 0) is 13.8 Å². The number of carbonyl (C=O) groups is 1. The lowest BCUT2D eigenvalue weighted by Crippen LogP contribution is -2.47. The minimum absolute atomic E-state index is 0.315. The predicted octanol–water partition coefficient (Wildman–Crippen LogP) is 0.807. The van der Waals surface area contributed by atoms with Crippen LogP contribution in [-0.2, 0) is 15.6 Å². The van der Waals surface area contributed by atoms with E-state index in [-0.39, 0.29) is 0 Å². The third kappa shape index (κ3) is 3.17. The van der Waals surface area contributed by atoms with Crippen molar-refractivity contribution in [3.63, 3.8) is 0 Å². The van der Waals surface area contributed by atoms with Gasteiger partial charge < -0.3 is 0 Å². The van der Waals surface area contributed by atoms with Gasteiger partial charge in [0.05, 0.1) is 0 Å². The number of ketones is 1. The van der Waals surface area contributed by atoms with Gasteiger partial charge in [-0.15, -0.1) is 0 Å². The van der Waals surface area contributed by atoms with Crippen LogP contribution in [0.2, 0.25) is 0 Å². The highest BCUT2D eigenvalue weighted by Gasteiger charge is 2.27. The van der Waals surface area contributed by atoms with Crippen molar-refractivity contribution in [2.45, 2.75) is 38.8 Å². The summed E-state index contributed by atoms with van der Waals surface area (Å²) in [7, 11) is -0.748. The van der Waals surface area contributed by atoms with Gasteiger partial charge in [-0.25, -0.2) is 0 Å². The second-order valence-electron chi connectivity index (χ2n) is 4.17. The molecule has 0 saturated carbocycles. The van der Waals surface area contributed by atoms with E-state index < -0.39 is 10.8 Å². The number of nitrogens with zero attached hydrogens (tertiary/aromatic N) is 1. The Kier molecular flexibility index (Phi) is 4.26. The molecule has 0 aromatic heterocycles. The molecule has 3 atom stereocenters. The first-order chi connectivity index (χ1) is 6.50. The van der Waals surface area contributed by atoms with Gasteiger partial charge in [0.1, 0.15) is 5.78 Å². The van der Waals surface area contributed by atoms with Crippen LogP contribution in [0, 0.1) is 0 Å². The summed E-state index contributed by atoms with van der Waals surface area (Å²) >= 11 is 0. The summed E-state index contributed by atoms with van der Waals surface area (Å²) in [6.07, 6.45) is 3.04. The fourth-order valence-electron chi connectivity index (χ4n) is 2.11. The summed E-state index contributed by atoms with van der Waals surface area (Å²) in [6.45, 7) is 5.00. The highest BCUT2D eigenvalue weighted by atomic mass is 32.2. The standard InChI is InChI=1S/C10H19NO2S/c1-8-6-10(12)4-5-11(8)9(2)7-14(3)13/h8-9H,4-7H2,1-3H3. The maximum atomic E-state index is 11.2. The summed E-state index contributed by atoms with van der Waals surface area (Å²) in [5, 5.41) is 0. The Labute approximate surface area is 88.3 Å². The minimum atomic E-state index is -0.748. The fourth-order valence-corrected chi connectivity index (χ4v) is 2.98. The van der Waals surface area contributed by atoms with Crippen molar-refractivity contribution < 1.29 is 9.00 Å². The molecule has 1 saturated heterocycles. The lowest BCUT2D eigenvalue weighted by Gasteiger charge is -2.37. The molecule has 0 aromatic carbocycles. The molecule has 0 spiro atoms. The zero-order chi connectivity index (χ0) is 10.7. The number of piperidine rings is 1. The first kappa shape index (κ1) is 11.9. The van der Waals surface area contributed by atoms with E-state index in [2.05, 4.69) is 18.7 Å². The average molecular weight is 217 g/mol. The Morgan fingerprint density at radius 1 is 1.64 bits per heavy atom. The molecule has 3 unspecified atom stereocenters. The van der Waals surface area contributed by atoms with Gasteiger partial charge in [0, 0.05) is 54.3 Å². The van der Waals surface area contributed by atoms with Crippen LogP contribution < -0.4 is 0 Å². The van der Waals surface area contributed by atoms with E-state index in [4.69, 9.17) is 0 Å². The van der Waals surface area contributed by atoms with Gasteiger partial charge in [-0.3, -0.25) is 13.9 Å². The van der Waals surface area contributed by atoms with Gasteiger partial charge in [-0.2, -0.15) is 0 Å². The van der Waals surface area contributed by atoms with E-state index in [9.17, 15) is 9.00 Å². The summed E-state index contributed by atoms with van der Waals surface area (Å²) in [5.74, 6) is 1.07. The van der Waals surface area contributed by atoms with E-state index in [0.717, 1.165) is 6.54 Å². The number of likely N-dealkylation sites (tertiary alicyclic amines) is 1. The van der Waals surface area contributed by atoms with Crippen LogP contribution in [0.5, 0.6) is 0 Å². The third-order valence-electron chi connectivity index (χ3n) is 2.78. The minimum Gasteiger partial charge on any atom is -0.300 e. The molecule has 1 rings (SSSR count). The summed E-state index contributed by atoms with van der Waals surface area (Å²) < 4.78 is 11.1. The average Bonchev–Trinajstić information content (AvgIpc) is 2.01. The fraction of sp³-hybridized carbons (Fsp3) is 0.900. The van der Waals surface area contributed by atoms with Gasteiger partial charge in [0.2, 0.25) is 0 Å². The summed E-state index contributed by atoms with van der Waals surface area (Å²) in [6, 6.07) is 0.638. The van der Waals surface area contributed by atoms with Crippen molar-refractivity contribution in [1.29, 1.82) is 0 Å². The smallest absolute Gasteiger partial charge is 0.135 e. The first-order valence-corrected chi connectivity index (χ1v) is 6.81. The molecule has 0 aromatic rings. The van der Waals surface area contributed by atoms with Crippen molar-refractivity contribution in [2.24, 2.45) is 0 Å². The molecule has 1 aliphatic rings. The Morgan fingerprint density at radius 2 is 2.29 bits per heavy atom. The largest absolute Gasteiger partial charge is 0.300 e. The number of rotatable bonds is 3. The van der Waals surface area contributed by atoms with Crippen molar-refractivity contribution in [3.8, 4) is 0 Å². The van der Waals surface area contributed by atoms with Crippen LogP contribution in [0.25, 0.3) is 0 Å². The maximum absolute atomic E-state index is 11.2. The van der Waals surface area contributed by atoms with Crippen LogP contribution in [0.1, 0.15) is 26.7 Å². The monoisotopic (exact) mass is 217 g/mol. The van der Waals surface area contributed by atoms with Crippen LogP contribution in [-0.4, -0.2) is 45.5 Å². The van der Waals surface area contributed by atoms with Crippen LogP contribution in [0.4, 0.5) is 0 Å². The van der Waals surface area contributed by atoms with Gasteiger partial charge in [0.15, 0.2) is 0 Å². The molecule has 1 aliphatic heterocycles. The molecule has 1 heterocycles. The SMILES string of the molecule is CC1CC(=O)CCN1C(C)CS(C)=O. The number of carbonyl (C=O) groups excluding carboxylic acids is 1. The number of hydrogen-bond acceptors (Lipinski definition) is 3. The number of hydrogen-bond donors (Lipinski definition) is 0. The van der Waals surface area contributed by atoms with Crippen molar-refractivity contribution in [3.05, 3.63) is 0 Å². The molecule has 14 heavy (non-hydrogen) atoms. The van der Waals surface area contributed by atoms with Crippen LogP contribution in [0.15, 0.2) is 0 Å². The van der Waals surface area contributed by atoms with E-state index in [1.807, 2.05) is 0 Å². The Hall–Kier alpha value is -0.220. The van der Waals surface area contributed by atoms with Crippen molar-refractivity contribution >= 4 is 16.6 Å². The molecular formula is C10H19NO2S. The molecule has 82 valence electrons. The third-order valence-corrected chi connectivity index (χ3v) is 3.73. The molecule has 0 amide bonds. The quantitative estimate of drug-likeness (QED) is 0.702. The van der Waals surface area contributed by atoms with Gasteiger partial charge in [0.25, 0.3) is 0 Å². The second kappa shape index (κ2) is 5.03. The van der Waals surface area contributed by atoms with E-state index in [0.29, 0.717) is 36.5 Å². The number of Topliss-reactive ketones (excluding diaryl/α,β-unsaturated/α-hetero) is 1. The Balaban J connectivity index is 2.50. The first-order valence-electron chi connectivity index (χ1n) is 5.08. The van der Waals surface area contributed by atoms with E-state index >= 15 is 0 Å². The highest BCUT2D eigenvalue weighted by Crippen LogP contribution is 2.17. The highest BCUT2D eigenvalue weighted by molar-refractivity contribution is 7.84. The van der Waals surface area contributed by atoms with E-state index in [1.165, 1.54) is 0 Å². The maximum Gasteiger partial charge on any atom is 0.135 e. The van der Waals surface area contributed by atoms with Gasteiger partial charge >= 0.3 is 0 Å². The zero-order valence-corrected chi connectivity index (χ0v) is 9.97. The van der Waals surface area contributed by atoms with Crippen LogP contribution in [0.3, 0.4) is 0 Å². The lowest BCUT2D eigenvalue weighted by atomic mass is 10.0. The molecule has 0 aliphatic carbocycles. The molecule has 1 fully saturated rings. The summed E-state index contributed by atoms with van der Waals surface area (Å²) in [5.41, 5.74) is 0. The molecular weight excluding hydrogens is 198 g/mol. The van der Waals surface area contributed by atoms with Crippen molar-refractivity contribution in [2.75, 3.05) is 18.6 Å². The topological polar surface area (TPSA) is 37.4 Å². The lowest BCUT2D eigenvalue weighted by molar-refractivity contribution is -0.123. The van der Waals surface area contributed by atoms with Gasteiger partial charge in [-0.1, -0.05) is 0 Å². The van der Waals surface area contributed by atoms with Crippen molar-refractivity contribution in [1.82, 2.24) is 4.90 Å². The Morgan fingerprint density at radius 3 is 2.79 bits per heavy atom. The molecule has 4 heteroatoms. The molecule has 3 nitrogen and oxygen atoms in total. The zero-order valence-electron chi connectivity index (χ0n) is 9.16. The van der Waals surface area contributed by atoms with Crippen LogP contribution >= 0.6 is 0 Å². The Bertz CT molecular complexity index is 242. The molecule has 0 N–H and O–H groups in total. The second-order valence-corrected chi connectivity index (χ2v) is 5.65. The predicted molar refractivity (Wildman–Crippen MR) is 58.8 cm³/mol. The normalized spacial score (nSPS) is 28.8. The molecule has 0 radical (unpaired) electrons. The van der Waals surface area contributed by atoms with E-state index in [1.54, 1.807) is 6.26 Å².